The van der Waals surface area contributed by atoms with E-state index in [2.05, 4.69) is 38.2 Å². The van der Waals surface area contributed by atoms with Gasteiger partial charge in [-0.3, -0.25) is 0 Å². The average molecular weight is 178 g/mol. The molecule has 1 heteroatoms. The normalized spacial score (nSPS) is 32.8. The minimum atomic E-state index is 0.181. The molecule has 2 bridgehead atoms. The zero-order chi connectivity index (χ0) is 8.55. The highest BCUT2D eigenvalue weighted by Gasteiger charge is 2.21. The van der Waals surface area contributed by atoms with Gasteiger partial charge >= 0.3 is 0 Å². The molecule has 0 spiro atoms. The topological polar surface area (TPSA) is 0 Å². The van der Waals surface area contributed by atoms with Gasteiger partial charge in [-0.15, -0.1) is 0 Å². The summed E-state index contributed by atoms with van der Waals surface area (Å²) in [7, 11) is 0.181. The molecule has 2 aliphatic heterocycles. The number of allylic oxidation sites excluding steroid dienone is 6. The van der Waals surface area contributed by atoms with Crippen LogP contribution in [0.2, 0.25) is 0 Å². The zero-order valence-electron chi connectivity index (χ0n) is 7.75. The van der Waals surface area contributed by atoms with Gasteiger partial charge in [0, 0.05) is 0 Å². The van der Waals surface area contributed by atoms with Crippen molar-refractivity contribution in [2.24, 2.45) is 5.92 Å². The Labute approximate surface area is 75.8 Å². The summed E-state index contributed by atoms with van der Waals surface area (Å²) in [5.41, 5.74) is 1.50. The quantitative estimate of drug-likeness (QED) is 0.539. The van der Waals surface area contributed by atoms with Crippen molar-refractivity contribution in [3.63, 3.8) is 0 Å². The molecule has 64 valence electrons. The first-order chi connectivity index (χ1) is 5.81. The van der Waals surface area contributed by atoms with Crippen molar-refractivity contribution >= 4 is 7.92 Å². The number of hydrogen-bond donors (Lipinski definition) is 0. The predicted molar refractivity (Wildman–Crippen MR) is 56.8 cm³/mol. The lowest BCUT2D eigenvalue weighted by atomic mass is 10.1. The Morgan fingerprint density at radius 2 is 2.17 bits per heavy atom. The molecule has 0 fully saturated rings. The third-order valence-corrected chi connectivity index (χ3v) is 5.46. The highest BCUT2D eigenvalue weighted by atomic mass is 31.1. The summed E-state index contributed by atoms with van der Waals surface area (Å²) in [5, 5.41) is 1.64. The van der Waals surface area contributed by atoms with E-state index in [4.69, 9.17) is 0 Å². The van der Waals surface area contributed by atoms with Crippen molar-refractivity contribution in [1.82, 2.24) is 0 Å². The lowest BCUT2D eigenvalue weighted by molar-refractivity contribution is 0.943. The van der Waals surface area contributed by atoms with Crippen LogP contribution in [-0.4, -0.2) is 12.3 Å². The maximum Gasteiger partial charge on any atom is -0.000464 e. The van der Waals surface area contributed by atoms with Gasteiger partial charge in [0.05, 0.1) is 0 Å². The van der Waals surface area contributed by atoms with E-state index in [9.17, 15) is 0 Å². The van der Waals surface area contributed by atoms with E-state index in [1.807, 2.05) is 0 Å². The summed E-state index contributed by atoms with van der Waals surface area (Å²) in [6.45, 7) is 4.56. The Bertz CT molecular complexity index is 271. The summed E-state index contributed by atoms with van der Waals surface area (Å²) < 4.78 is 0. The molecule has 3 aliphatic rings. The molecule has 2 heterocycles. The highest BCUT2D eigenvalue weighted by Crippen LogP contribution is 2.52. The highest BCUT2D eigenvalue weighted by molar-refractivity contribution is 7.62. The lowest BCUT2D eigenvalue weighted by Crippen LogP contribution is -2.03. The van der Waals surface area contributed by atoms with E-state index in [1.54, 1.807) is 5.31 Å². The molecule has 2 unspecified atom stereocenters. The van der Waals surface area contributed by atoms with Crippen LogP contribution in [0, 0.1) is 5.92 Å². The molecule has 0 radical (unpaired) electrons. The van der Waals surface area contributed by atoms with E-state index in [0.29, 0.717) is 0 Å². The smallest absolute Gasteiger partial charge is 0.000464 e. The van der Waals surface area contributed by atoms with Gasteiger partial charge in [-0.25, -0.2) is 0 Å². The Kier molecular flexibility index (Phi) is 2.19. The van der Waals surface area contributed by atoms with Crippen molar-refractivity contribution in [1.29, 1.82) is 0 Å². The first-order valence-electron chi connectivity index (χ1n) is 4.63. The van der Waals surface area contributed by atoms with Crippen molar-refractivity contribution in [2.75, 3.05) is 12.3 Å². The Morgan fingerprint density at radius 3 is 2.92 bits per heavy atom. The molecule has 0 aromatic rings. The van der Waals surface area contributed by atoms with E-state index in [0.717, 1.165) is 5.92 Å². The number of rotatable bonds is 1. The van der Waals surface area contributed by atoms with Crippen LogP contribution < -0.4 is 0 Å². The number of fused-ring (bicyclic) bond motifs is 2. The van der Waals surface area contributed by atoms with E-state index < -0.39 is 0 Å². The summed E-state index contributed by atoms with van der Waals surface area (Å²) in [6.07, 6.45) is 12.1. The summed E-state index contributed by atoms with van der Waals surface area (Å²) in [5.74, 6) is 0.734. The monoisotopic (exact) mass is 178 g/mol. The van der Waals surface area contributed by atoms with Gasteiger partial charge < -0.3 is 0 Å². The molecular weight excluding hydrogens is 163 g/mol. The van der Waals surface area contributed by atoms with Crippen molar-refractivity contribution in [3.8, 4) is 0 Å². The van der Waals surface area contributed by atoms with Crippen LogP contribution in [0.3, 0.4) is 0 Å². The van der Waals surface area contributed by atoms with Crippen LogP contribution in [0.1, 0.15) is 13.8 Å². The molecule has 0 aromatic heterocycles. The number of hydrogen-bond acceptors (Lipinski definition) is 0. The molecule has 1 aliphatic carbocycles. The van der Waals surface area contributed by atoms with Crippen LogP contribution in [0.25, 0.3) is 0 Å². The van der Waals surface area contributed by atoms with E-state index in [1.165, 1.54) is 17.9 Å². The first kappa shape index (κ1) is 8.26. The van der Waals surface area contributed by atoms with Crippen molar-refractivity contribution in [3.05, 3.63) is 35.2 Å². The zero-order valence-corrected chi connectivity index (χ0v) is 8.64. The van der Waals surface area contributed by atoms with Gasteiger partial charge in [0.2, 0.25) is 0 Å². The average Bonchev–Trinajstić information content (AvgIpc) is 2.37. The first-order valence-corrected chi connectivity index (χ1v) is 6.34. The van der Waals surface area contributed by atoms with Crippen molar-refractivity contribution < 1.29 is 0 Å². The molecule has 0 amide bonds. The van der Waals surface area contributed by atoms with Crippen LogP contribution in [-0.2, 0) is 0 Å². The minimum Gasteiger partial charge on any atom is -0.0770 e. The standard InChI is InChI=1S/C11H15P/c1-3-12-8-10-5-4-9(2)11(12)7-6-10/h4-7,10H,3,8H2,1-2H3. The Balaban J connectivity index is 2.41. The van der Waals surface area contributed by atoms with Gasteiger partial charge in [-0.2, -0.15) is 0 Å². The van der Waals surface area contributed by atoms with E-state index in [-0.39, 0.29) is 7.92 Å². The molecule has 3 rings (SSSR count). The lowest BCUT2D eigenvalue weighted by Gasteiger charge is -2.23. The van der Waals surface area contributed by atoms with Crippen LogP contribution in [0.5, 0.6) is 0 Å². The van der Waals surface area contributed by atoms with Crippen LogP contribution in [0.15, 0.2) is 35.2 Å². The van der Waals surface area contributed by atoms with Gasteiger partial charge in [-0.1, -0.05) is 39.1 Å². The maximum absolute atomic E-state index is 2.36. The summed E-state index contributed by atoms with van der Waals surface area (Å²) in [4.78, 5) is 0. The largest absolute Gasteiger partial charge is 0.0770 e. The molecule has 2 atom stereocenters. The molecule has 0 aromatic carbocycles. The van der Waals surface area contributed by atoms with E-state index >= 15 is 0 Å². The Hall–Kier alpha value is -0.350. The fourth-order valence-electron chi connectivity index (χ4n) is 1.89. The third kappa shape index (κ3) is 1.29. The second kappa shape index (κ2) is 3.18. The predicted octanol–water partition coefficient (Wildman–Crippen LogP) is 3.52. The minimum absolute atomic E-state index is 0.181. The Morgan fingerprint density at radius 1 is 1.42 bits per heavy atom. The van der Waals surface area contributed by atoms with Gasteiger partial charge in [-0.05, 0) is 36.1 Å². The molecule has 0 N–H and O–H groups in total. The third-order valence-electron chi connectivity index (χ3n) is 2.65. The second-order valence-corrected chi connectivity index (χ2v) is 6.05. The molecular formula is C11H15P. The molecule has 0 nitrogen and oxygen atoms in total. The van der Waals surface area contributed by atoms with Gasteiger partial charge in [0.1, 0.15) is 0 Å². The fourth-order valence-corrected chi connectivity index (χ4v) is 4.31. The molecule has 12 heavy (non-hydrogen) atoms. The van der Waals surface area contributed by atoms with Gasteiger partial charge in [0.25, 0.3) is 0 Å². The fraction of sp³-hybridized carbons (Fsp3) is 0.455. The van der Waals surface area contributed by atoms with Gasteiger partial charge in [0.15, 0.2) is 0 Å². The molecule has 0 saturated heterocycles. The SMILES string of the molecule is CCP1CC2C=CC(C)=C1C=C2. The van der Waals surface area contributed by atoms with Crippen molar-refractivity contribution in [2.45, 2.75) is 13.8 Å². The van der Waals surface area contributed by atoms with Crippen LogP contribution in [0.4, 0.5) is 0 Å². The van der Waals surface area contributed by atoms with Crippen LogP contribution >= 0.6 is 7.92 Å². The second-order valence-electron chi connectivity index (χ2n) is 3.49. The maximum atomic E-state index is 2.36. The molecule has 0 saturated carbocycles. The summed E-state index contributed by atoms with van der Waals surface area (Å²) >= 11 is 0. The summed E-state index contributed by atoms with van der Waals surface area (Å²) in [6, 6.07) is 0.